The smallest absolute Gasteiger partial charge is 0.259 e. The number of halogens is 1. The van der Waals surface area contributed by atoms with Crippen molar-refractivity contribution in [2.45, 2.75) is 0 Å². The number of hydrogen-bond donors (Lipinski definition) is 1. The monoisotopic (exact) mass is 284 g/mol. The molecule has 0 fully saturated rings. The molecule has 4 nitrogen and oxygen atoms in total. The summed E-state index contributed by atoms with van der Waals surface area (Å²) in [5, 5.41) is 0.775. The van der Waals surface area contributed by atoms with Gasteiger partial charge >= 0.3 is 0 Å². The minimum absolute atomic E-state index is 0.0122. The first-order valence-electron chi connectivity index (χ1n) is 5.95. The Hall–Kier alpha value is -2.46. The summed E-state index contributed by atoms with van der Waals surface area (Å²) >= 11 is 5.99. The fraction of sp³-hybridized carbons (Fsp3) is 0. The van der Waals surface area contributed by atoms with Gasteiger partial charge < -0.3 is 4.98 Å². The molecule has 0 aliphatic heterocycles. The Bertz CT molecular complexity index is 871. The molecular formula is C15H9ClN2O2. The summed E-state index contributed by atoms with van der Waals surface area (Å²) in [6, 6.07) is 13.5. The Morgan fingerprint density at radius 2 is 1.75 bits per heavy atom. The molecule has 0 saturated carbocycles. The van der Waals surface area contributed by atoms with Crippen molar-refractivity contribution in [1.29, 1.82) is 0 Å². The topological polar surface area (TPSA) is 62.8 Å². The zero-order valence-electron chi connectivity index (χ0n) is 10.3. The van der Waals surface area contributed by atoms with Crippen LogP contribution in [0.15, 0.2) is 53.3 Å². The largest absolute Gasteiger partial charge is 0.303 e. The fourth-order valence-electron chi connectivity index (χ4n) is 1.97. The molecule has 5 heteroatoms. The van der Waals surface area contributed by atoms with Crippen LogP contribution in [0, 0.1) is 0 Å². The number of aromatic nitrogens is 2. The highest BCUT2D eigenvalue weighted by Crippen LogP contribution is 2.17. The van der Waals surface area contributed by atoms with Gasteiger partial charge in [0.15, 0.2) is 5.82 Å². The minimum Gasteiger partial charge on any atom is -0.303 e. The zero-order chi connectivity index (χ0) is 14.1. The summed E-state index contributed by atoms with van der Waals surface area (Å²) in [4.78, 5) is 31.0. The van der Waals surface area contributed by atoms with E-state index in [4.69, 9.17) is 11.6 Å². The molecule has 1 heterocycles. The van der Waals surface area contributed by atoms with E-state index >= 15 is 0 Å². The van der Waals surface area contributed by atoms with Gasteiger partial charge in [-0.1, -0.05) is 35.9 Å². The molecule has 0 radical (unpaired) electrons. The molecule has 0 atom stereocenters. The first-order chi connectivity index (χ1) is 9.66. The third-order valence-electron chi connectivity index (χ3n) is 2.95. The van der Waals surface area contributed by atoms with Gasteiger partial charge in [0, 0.05) is 5.56 Å². The molecular weight excluding hydrogens is 276 g/mol. The molecule has 0 bridgehead atoms. The number of rotatable bonds is 2. The third kappa shape index (κ3) is 2.10. The standard InChI is InChI=1S/C15H9ClN2O2/c16-11-7-3-1-5-9(11)13(19)14-17-12-8-4-2-6-10(12)15(20)18-14/h1-8H,(H,17,18,20). The molecule has 20 heavy (non-hydrogen) atoms. The number of fused-ring (bicyclic) bond motifs is 1. The Morgan fingerprint density at radius 1 is 1.05 bits per heavy atom. The van der Waals surface area contributed by atoms with Crippen LogP contribution in [0.5, 0.6) is 0 Å². The molecule has 3 rings (SSSR count). The van der Waals surface area contributed by atoms with Gasteiger partial charge in [0.2, 0.25) is 5.78 Å². The van der Waals surface area contributed by atoms with Crippen LogP contribution in [0.1, 0.15) is 16.2 Å². The summed E-state index contributed by atoms with van der Waals surface area (Å²) in [6.45, 7) is 0. The highest BCUT2D eigenvalue weighted by atomic mass is 35.5. The van der Waals surface area contributed by atoms with Gasteiger partial charge in [-0.3, -0.25) is 9.59 Å². The van der Waals surface area contributed by atoms with Crippen LogP contribution in [-0.4, -0.2) is 15.8 Å². The fourth-order valence-corrected chi connectivity index (χ4v) is 2.19. The van der Waals surface area contributed by atoms with E-state index in [1.165, 1.54) is 0 Å². The maximum atomic E-state index is 12.3. The number of aromatic amines is 1. The number of carbonyl (C=O) groups is 1. The average Bonchev–Trinajstić information content (AvgIpc) is 2.47. The van der Waals surface area contributed by atoms with Crippen molar-refractivity contribution in [3.63, 3.8) is 0 Å². The number of para-hydroxylation sites is 1. The molecule has 0 aliphatic rings. The molecule has 0 aliphatic carbocycles. The molecule has 3 aromatic rings. The normalized spacial score (nSPS) is 10.7. The first kappa shape index (κ1) is 12.6. The number of ketones is 1. The van der Waals surface area contributed by atoms with E-state index in [9.17, 15) is 9.59 Å². The van der Waals surface area contributed by atoms with Gasteiger partial charge in [-0.15, -0.1) is 0 Å². The average molecular weight is 285 g/mol. The van der Waals surface area contributed by atoms with Gasteiger partial charge in [-0.2, -0.15) is 0 Å². The Labute approximate surface area is 119 Å². The van der Waals surface area contributed by atoms with E-state index in [1.807, 2.05) is 0 Å². The lowest BCUT2D eigenvalue weighted by atomic mass is 10.1. The second-order valence-electron chi connectivity index (χ2n) is 4.24. The predicted octanol–water partition coefficient (Wildman–Crippen LogP) is 2.81. The van der Waals surface area contributed by atoms with E-state index in [0.717, 1.165) is 0 Å². The van der Waals surface area contributed by atoms with Crippen molar-refractivity contribution >= 4 is 28.3 Å². The van der Waals surface area contributed by atoms with Gasteiger partial charge in [-0.25, -0.2) is 4.98 Å². The minimum atomic E-state index is -0.404. The van der Waals surface area contributed by atoms with Crippen molar-refractivity contribution in [3.05, 3.63) is 75.3 Å². The Kier molecular flexibility index (Phi) is 3.08. The summed E-state index contributed by atoms with van der Waals surface area (Å²) in [5.74, 6) is -0.416. The van der Waals surface area contributed by atoms with E-state index < -0.39 is 5.78 Å². The van der Waals surface area contributed by atoms with Crippen molar-refractivity contribution < 1.29 is 4.79 Å². The van der Waals surface area contributed by atoms with Crippen LogP contribution in [0.25, 0.3) is 10.9 Å². The van der Waals surface area contributed by atoms with Gasteiger partial charge in [0.25, 0.3) is 5.56 Å². The zero-order valence-corrected chi connectivity index (χ0v) is 11.0. The van der Waals surface area contributed by atoms with E-state index in [0.29, 0.717) is 21.5 Å². The number of H-pyrrole nitrogens is 1. The number of carbonyl (C=O) groups excluding carboxylic acids is 1. The van der Waals surface area contributed by atoms with Crippen molar-refractivity contribution in [1.82, 2.24) is 9.97 Å². The van der Waals surface area contributed by atoms with Gasteiger partial charge in [-0.05, 0) is 24.3 Å². The second kappa shape index (κ2) is 4.90. The maximum Gasteiger partial charge on any atom is 0.259 e. The van der Waals surface area contributed by atoms with E-state index in [2.05, 4.69) is 9.97 Å². The molecule has 1 N–H and O–H groups in total. The molecule has 0 spiro atoms. The molecule has 98 valence electrons. The lowest BCUT2D eigenvalue weighted by Crippen LogP contribution is -2.16. The lowest BCUT2D eigenvalue weighted by Gasteiger charge is -2.04. The molecule has 0 unspecified atom stereocenters. The molecule has 1 aromatic heterocycles. The van der Waals surface area contributed by atoms with Crippen LogP contribution in [-0.2, 0) is 0 Å². The number of benzene rings is 2. The van der Waals surface area contributed by atoms with Crippen LogP contribution >= 0.6 is 11.6 Å². The van der Waals surface area contributed by atoms with E-state index in [-0.39, 0.29) is 11.4 Å². The van der Waals surface area contributed by atoms with Crippen LogP contribution in [0.3, 0.4) is 0 Å². The lowest BCUT2D eigenvalue weighted by molar-refractivity contribution is 0.102. The number of nitrogens with one attached hydrogen (secondary N) is 1. The van der Waals surface area contributed by atoms with Crippen molar-refractivity contribution in [2.24, 2.45) is 0 Å². The summed E-state index contributed by atoms with van der Waals surface area (Å²) in [7, 11) is 0. The molecule has 0 saturated heterocycles. The summed E-state index contributed by atoms with van der Waals surface area (Å²) in [6.07, 6.45) is 0. The van der Waals surface area contributed by atoms with Crippen LogP contribution in [0.4, 0.5) is 0 Å². The van der Waals surface area contributed by atoms with Crippen LogP contribution < -0.4 is 5.56 Å². The maximum absolute atomic E-state index is 12.3. The van der Waals surface area contributed by atoms with Crippen molar-refractivity contribution in [3.8, 4) is 0 Å². The van der Waals surface area contributed by atoms with E-state index in [1.54, 1.807) is 48.5 Å². The quantitative estimate of drug-likeness (QED) is 0.736. The molecule has 2 aromatic carbocycles. The SMILES string of the molecule is O=C(c1nc2ccccc2c(=O)[nH]1)c1ccccc1Cl. The van der Waals surface area contributed by atoms with Gasteiger partial charge in [0.1, 0.15) is 0 Å². The number of nitrogens with zero attached hydrogens (tertiary/aromatic N) is 1. The number of hydrogen-bond acceptors (Lipinski definition) is 3. The van der Waals surface area contributed by atoms with Crippen molar-refractivity contribution in [2.75, 3.05) is 0 Å². The highest BCUT2D eigenvalue weighted by Gasteiger charge is 2.16. The Morgan fingerprint density at radius 3 is 2.55 bits per heavy atom. The van der Waals surface area contributed by atoms with Gasteiger partial charge in [0.05, 0.1) is 15.9 Å². The second-order valence-corrected chi connectivity index (χ2v) is 4.65. The third-order valence-corrected chi connectivity index (χ3v) is 3.28. The summed E-state index contributed by atoms with van der Waals surface area (Å²) in [5.41, 5.74) is 0.449. The Balaban J connectivity index is 2.18. The highest BCUT2D eigenvalue weighted by molar-refractivity contribution is 6.34. The molecule has 0 amide bonds. The first-order valence-corrected chi connectivity index (χ1v) is 6.33. The predicted molar refractivity (Wildman–Crippen MR) is 77.2 cm³/mol. The summed E-state index contributed by atoms with van der Waals surface area (Å²) < 4.78 is 0. The van der Waals surface area contributed by atoms with Crippen LogP contribution in [0.2, 0.25) is 5.02 Å².